The van der Waals surface area contributed by atoms with E-state index in [-0.39, 0.29) is 0 Å². The molecule has 0 spiro atoms. The van der Waals surface area contributed by atoms with Crippen LogP contribution < -0.4 is 15.8 Å². The first kappa shape index (κ1) is 12.6. The van der Waals surface area contributed by atoms with Gasteiger partial charge in [0, 0.05) is 25.0 Å². The fraction of sp³-hybridized carbons (Fsp3) is 0.154. The maximum Gasteiger partial charge on any atom is 0.212 e. The van der Waals surface area contributed by atoms with Crippen LogP contribution in [0.5, 0.6) is 5.88 Å². The molecule has 2 aromatic heterocycles. The van der Waals surface area contributed by atoms with Crippen LogP contribution in [-0.2, 0) is 6.54 Å². The second-order valence-electron chi connectivity index (χ2n) is 3.84. The molecule has 6 nitrogen and oxygen atoms in total. The predicted octanol–water partition coefficient (Wildman–Crippen LogP) is 1.55. The second kappa shape index (κ2) is 5.69. The van der Waals surface area contributed by atoms with Crippen LogP contribution in [0.3, 0.4) is 0 Å². The van der Waals surface area contributed by atoms with E-state index in [4.69, 9.17) is 15.7 Å². The Labute approximate surface area is 110 Å². The van der Waals surface area contributed by atoms with Crippen molar-refractivity contribution in [2.45, 2.75) is 6.54 Å². The smallest absolute Gasteiger partial charge is 0.212 e. The molecule has 0 aliphatic heterocycles. The first-order valence-electron chi connectivity index (χ1n) is 5.61. The summed E-state index contributed by atoms with van der Waals surface area (Å²) in [7, 11) is 1.57. The molecule has 0 fully saturated rings. The lowest BCUT2D eigenvalue weighted by molar-refractivity contribution is 0.397. The predicted molar refractivity (Wildman–Crippen MR) is 71.5 cm³/mol. The van der Waals surface area contributed by atoms with E-state index in [1.807, 2.05) is 12.1 Å². The van der Waals surface area contributed by atoms with E-state index in [1.54, 1.807) is 25.4 Å². The van der Waals surface area contributed by atoms with Gasteiger partial charge in [-0.25, -0.2) is 9.97 Å². The number of pyridine rings is 2. The summed E-state index contributed by atoms with van der Waals surface area (Å²) in [5, 5.41) is 11.8. The average Bonchev–Trinajstić information content (AvgIpc) is 2.46. The number of hydrogen-bond donors (Lipinski definition) is 2. The van der Waals surface area contributed by atoms with Gasteiger partial charge in [0.25, 0.3) is 0 Å². The highest BCUT2D eigenvalue weighted by Gasteiger charge is 2.02. The van der Waals surface area contributed by atoms with Gasteiger partial charge in [0.2, 0.25) is 5.88 Å². The van der Waals surface area contributed by atoms with Crippen molar-refractivity contribution in [1.29, 1.82) is 5.26 Å². The third kappa shape index (κ3) is 3.10. The number of ether oxygens (including phenoxy) is 1. The number of anilines is 2. The number of methoxy groups -OCH3 is 1. The standard InChI is InChI=1S/C13H13N5O/c1-19-12-3-2-9(6-16-12)7-17-13-11(15)4-10(5-14)8-18-13/h2-4,6,8H,7,15H2,1H3,(H,17,18). The van der Waals surface area contributed by atoms with Crippen LogP contribution in [0.25, 0.3) is 0 Å². The Balaban J connectivity index is 2.04. The fourth-order valence-corrected chi connectivity index (χ4v) is 1.51. The van der Waals surface area contributed by atoms with Gasteiger partial charge >= 0.3 is 0 Å². The number of nitrogens with two attached hydrogens (primary N) is 1. The van der Waals surface area contributed by atoms with E-state index in [0.717, 1.165) is 5.56 Å². The van der Waals surface area contributed by atoms with Crippen molar-refractivity contribution >= 4 is 11.5 Å². The molecule has 2 heterocycles. The minimum Gasteiger partial charge on any atom is -0.481 e. The molecular formula is C13H13N5O. The molecule has 0 aliphatic rings. The third-order valence-electron chi connectivity index (χ3n) is 2.51. The van der Waals surface area contributed by atoms with Crippen molar-refractivity contribution < 1.29 is 4.74 Å². The van der Waals surface area contributed by atoms with E-state index in [2.05, 4.69) is 15.3 Å². The Morgan fingerprint density at radius 3 is 2.79 bits per heavy atom. The molecule has 96 valence electrons. The lowest BCUT2D eigenvalue weighted by Crippen LogP contribution is -2.05. The summed E-state index contributed by atoms with van der Waals surface area (Å²) in [6.45, 7) is 0.542. The molecule has 2 rings (SSSR count). The molecular weight excluding hydrogens is 242 g/mol. The van der Waals surface area contributed by atoms with Gasteiger partial charge in [-0.3, -0.25) is 0 Å². The molecule has 0 amide bonds. The Morgan fingerprint density at radius 2 is 2.21 bits per heavy atom. The third-order valence-corrected chi connectivity index (χ3v) is 2.51. The SMILES string of the molecule is COc1ccc(CNc2ncc(C#N)cc2N)cn1. The van der Waals surface area contributed by atoms with E-state index in [1.165, 1.54) is 6.20 Å². The van der Waals surface area contributed by atoms with Crippen molar-refractivity contribution in [3.63, 3.8) is 0 Å². The van der Waals surface area contributed by atoms with Crippen molar-refractivity contribution in [2.24, 2.45) is 0 Å². The summed E-state index contributed by atoms with van der Waals surface area (Å²) in [5.41, 5.74) is 7.66. The van der Waals surface area contributed by atoms with Crippen LogP contribution in [0.1, 0.15) is 11.1 Å². The van der Waals surface area contributed by atoms with Crippen LogP contribution in [0, 0.1) is 11.3 Å². The van der Waals surface area contributed by atoms with Crippen LogP contribution >= 0.6 is 0 Å². The summed E-state index contributed by atoms with van der Waals surface area (Å²) < 4.78 is 4.98. The highest BCUT2D eigenvalue weighted by molar-refractivity contribution is 5.63. The van der Waals surface area contributed by atoms with Gasteiger partial charge in [-0.2, -0.15) is 5.26 Å². The molecule has 0 saturated carbocycles. The zero-order valence-corrected chi connectivity index (χ0v) is 10.4. The molecule has 0 bridgehead atoms. The van der Waals surface area contributed by atoms with Gasteiger partial charge in [0.05, 0.1) is 18.4 Å². The number of rotatable bonds is 4. The monoisotopic (exact) mass is 255 g/mol. The van der Waals surface area contributed by atoms with Crippen LogP contribution in [0.4, 0.5) is 11.5 Å². The van der Waals surface area contributed by atoms with E-state index < -0.39 is 0 Å². The van der Waals surface area contributed by atoms with Gasteiger partial charge in [0.15, 0.2) is 0 Å². The molecule has 0 radical (unpaired) electrons. The van der Waals surface area contributed by atoms with Gasteiger partial charge in [-0.05, 0) is 11.6 Å². The van der Waals surface area contributed by atoms with Gasteiger partial charge in [0.1, 0.15) is 11.9 Å². The first-order chi connectivity index (χ1) is 9.22. The lowest BCUT2D eigenvalue weighted by atomic mass is 10.2. The average molecular weight is 255 g/mol. The van der Waals surface area contributed by atoms with E-state index in [0.29, 0.717) is 29.5 Å². The summed E-state index contributed by atoms with van der Waals surface area (Å²) in [6.07, 6.45) is 3.19. The molecule has 0 aliphatic carbocycles. The number of hydrogen-bond acceptors (Lipinski definition) is 6. The summed E-state index contributed by atoms with van der Waals surface area (Å²) in [5.74, 6) is 1.12. The Kier molecular flexibility index (Phi) is 3.78. The van der Waals surface area contributed by atoms with Crippen LogP contribution in [0.2, 0.25) is 0 Å². The van der Waals surface area contributed by atoms with Crippen molar-refractivity contribution in [2.75, 3.05) is 18.2 Å². The highest BCUT2D eigenvalue weighted by Crippen LogP contribution is 2.17. The zero-order valence-electron chi connectivity index (χ0n) is 10.4. The van der Waals surface area contributed by atoms with Gasteiger partial charge in [-0.1, -0.05) is 6.07 Å². The van der Waals surface area contributed by atoms with E-state index in [9.17, 15) is 0 Å². The number of nitrogens with zero attached hydrogens (tertiary/aromatic N) is 3. The molecule has 19 heavy (non-hydrogen) atoms. The number of nitrogen functional groups attached to an aromatic ring is 1. The number of nitrogens with one attached hydrogen (secondary N) is 1. The number of nitriles is 1. The summed E-state index contributed by atoms with van der Waals surface area (Å²) >= 11 is 0. The quantitative estimate of drug-likeness (QED) is 0.860. The summed E-state index contributed by atoms with van der Waals surface area (Å²) in [4.78, 5) is 8.20. The molecule has 3 N–H and O–H groups in total. The molecule has 2 aromatic rings. The molecule has 0 aromatic carbocycles. The molecule has 0 atom stereocenters. The summed E-state index contributed by atoms with van der Waals surface area (Å²) in [6, 6.07) is 7.26. The highest BCUT2D eigenvalue weighted by atomic mass is 16.5. The molecule has 0 saturated heterocycles. The van der Waals surface area contributed by atoms with Crippen LogP contribution in [0.15, 0.2) is 30.6 Å². The van der Waals surface area contributed by atoms with Crippen molar-refractivity contribution in [3.05, 3.63) is 41.7 Å². The van der Waals surface area contributed by atoms with E-state index >= 15 is 0 Å². The Bertz CT molecular complexity index is 603. The maximum atomic E-state index is 8.72. The van der Waals surface area contributed by atoms with Gasteiger partial charge in [-0.15, -0.1) is 0 Å². The molecule has 0 unspecified atom stereocenters. The lowest BCUT2D eigenvalue weighted by Gasteiger charge is -2.08. The topological polar surface area (TPSA) is 96.8 Å². The van der Waals surface area contributed by atoms with Crippen molar-refractivity contribution in [3.8, 4) is 11.9 Å². The first-order valence-corrected chi connectivity index (χ1v) is 5.61. The number of aromatic nitrogens is 2. The minimum atomic E-state index is 0.439. The second-order valence-corrected chi connectivity index (χ2v) is 3.84. The van der Waals surface area contributed by atoms with Gasteiger partial charge < -0.3 is 15.8 Å². The normalized spacial score (nSPS) is 9.68. The van der Waals surface area contributed by atoms with Crippen LogP contribution in [-0.4, -0.2) is 17.1 Å². The Morgan fingerprint density at radius 1 is 1.37 bits per heavy atom. The van der Waals surface area contributed by atoms with Crippen molar-refractivity contribution in [1.82, 2.24) is 9.97 Å². The fourth-order valence-electron chi connectivity index (χ4n) is 1.51. The minimum absolute atomic E-state index is 0.439. The largest absolute Gasteiger partial charge is 0.481 e. The maximum absolute atomic E-state index is 8.72. The Hall–Kier alpha value is -2.81. The molecule has 6 heteroatoms. The zero-order chi connectivity index (χ0) is 13.7.